The van der Waals surface area contributed by atoms with Gasteiger partial charge in [-0.2, -0.15) is 5.26 Å². The summed E-state index contributed by atoms with van der Waals surface area (Å²) >= 11 is 13.6. The number of nitriles is 1. The Balaban J connectivity index is 1.89. The molecule has 0 fully saturated rings. The number of halogens is 2. The fourth-order valence-corrected chi connectivity index (χ4v) is 5.15. The van der Waals surface area contributed by atoms with Crippen LogP contribution in [-0.2, 0) is 4.79 Å². The summed E-state index contributed by atoms with van der Waals surface area (Å²) in [5, 5.41) is 13.9. The first-order valence-corrected chi connectivity index (χ1v) is 11.5. The van der Waals surface area contributed by atoms with Crippen molar-refractivity contribution in [1.82, 2.24) is 10.4 Å². The maximum absolute atomic E-state index is 13.4. The van der Waals surface area contributed by atoms with E-state index in [9.17, 15) is 14.9 Å². The second-order valence-corrected chi connectivity index (χ2v) is 10.3. The van der Waals surface area contributed by atoms with Crippen molar-refractivity contribution in [2.45, 2.75) is 32.6 Å². The van der Waals surface area contributed by atoms with Crippen LogP contribution in [0.5, 0.6) is 0 Å². The number of nitrogens with one attached hydrogen (secondary N) is 1. The zero-order valence-corrected chi connectivity index (χ0v) is 19.7. The minimum absolute atomic E-state index is 0.0812. The Labute approximate surface area is 199 Å². The third-order valence-electron chi connectivity index (χ3n) is 5.62. The number of nitrogens with two attached hydrogens (primary N) is 1. The molecule has 1 atom stereocenters. The minimum atomic E-state index is -0.691. The Kier molecular flexibility index (Phi) is 5.80. The van der Waals surface area contributed by atoms with Gasteiger partial charge in [-0.05, 0) is 41.0 Å². The van der Waals surface area contributed by atoms with Gasteiger partial charge in [0.1, 0.15) is 5.82 Å². The molecule has 2 aromatic rings. The number of hydrazine groups is 1. The van der Waals surface area contributed by atoms with Crippen LogP contribution in [-0.4, -0.2) is 16.7 Å². The van der Waals surface area contributed by atoms with Gasteiger partial charge in [-0.25, -0.2) is 5.01 Å². The molecule has 1 aromatic carbocycles. The quantitative estimate of drug-likeness (QED) is 0.625. The van der Waals surface area contributed by atoms with Crippen molar-refractivity contribution in [3.63, 3.8) is 0 Å². The van der Waals surface area contributed by atoms with E-state index < -0.39 is 5.92 Å². The number of rotatable bonds is 3. The molecule has 0 spiro atoms. The smallest absolute Gasteiger partial charge is 0.280 e. The normalized spacial score (nSPS) is 20.2. The SMILES string of the molecule is CC1(C)CC(=O)C2=C(C1)N(NC(=O)c1cccs1)C(N)=C(C#N)C2c1ccc(Cl)c(Cl)c1. The summed E-state index contributed by atoms with van der Waals surface area (Å²) in [5.74, 6) is -1.07. The molecule has 2 heterocycles. The maximum atomic E-state index is 13.4. The van der Waals surface area contributed by atoms with Crippen LogP contribution in [0, 0.1) is 16.7 Å². The van der Waals surface area contributed by atoms with Gasteiger partial charge in [-0.1, -0.05) is 49.2 Å². The van der Waals surface area contributed by atoms with E-state index in [1.54, 1.807) is 35.7 Å². The molecule has 1 aromatic heterocycles. The highest BCUT2D eigenvalue weighted by atomic mass is 35.5. The molecule has 2 aliphatic rings. The van der Waals surface area contributed by atoms with Crippen LogP contribution in [0.4, 0.5) is 0 Å². The predicted molar refractivity (Wildman–Crippen MR) is 125 cm³/mol. The molecule has 1 amide bonds. The van der Waals surface area contributed by atoms with Crippen LogP contribution in [0.1, 0.15) is 47.8 Å². The number of nitrogens with zero attached hydrogens (tertiary/aromatic N) is 2. The van der Waals surface area contributed by atoms with Gasteiger partial charge in [-0.3, -0.25) is 15.0 Å². The lowest BCUT2D eigenvalue weighted by Crippen LogP contribution is -2.49. The number of Topliss-reactive ketones (excluding diaryl/α,β-unsaturated/α-hetero) is 1. The summed E-state index contributed by atoms with van der Waals surface area (Å²) < 4.78 is 0. The van der Waals surface area contributed by atoms with E-state index in [2.05, 4.69) is 11.5 Å². The van der Waals surface area contributed by atoms with Gasteiger partial charge in [0.15, 0.2) is 5.78 Å². The van der Waals surface area contributed by atoms with Gasteiger partial charge in [-0.15, -0.1) is 11.3 Å². The van der Waals surface area contributed by atoms with E-state index >= 15 is 0 Å². The number of benzene rings is 1. The van der Waals surface area contributed by atoms with Gasteiger partial charge >= 0.3 is 0 Å². The van der Waals surface area contributed by atoms with Crippen molar-refractivity contribution in [2.24, 2.45) is 11.1 Å². The molecule has 6 nitrogen and oxygen atoms in total. The van der Waals surface area contributed by atoms with Crippen LogP contribution in [0.3, 0.4) is 0 Å². The number of allylic oxidation sites excluding steroid dienone is 3. The van der Waals surface area contributed by atoms with Crippen molar-refractivity contribution >= 4 is 46.2 Å². The molecule has 3 N–H and O–H groups in total. The molecule has 0 saturated carbocycles. The molecule has 1 aliphatic carbocycles. The Morgan fingerprint density at radius 3 is 2.66 bits per heavy atom. The van der Waals surface area contributed by atoms with E-state index in [0.717, 1.165) is 0 Å². The topological polar surface area (TPSA) is 99.2 Å². The number of amides is 1. The second kappa shape index (κ2) is 8.28. The number of thiophene rings is 1. The zero-order valence-electron chi connectivity index (χ0n) is 17.4. The van der Waals surface area contributed by atoms with Crippen molar-refractivity contribution < 1.29 is 9.59 Å². The molecule has 4 rings (SSSR count). The maximum Gasteiger partial charge on any atom is 0.280 e. The molecule has 1 unspecified atom stereocenters. The summed E-state index contributed by atoms with van der Waals surface area (Å²) in [6.07, 6.45) is 0.811. The fraction of sp³-hybridized carbons (Fsp3) is 0.261. The van der Waals surface area contributed by atoms with Crippen LogP contribution >= 0.6 is 34.5 Å². The summed E-state index contributed by atoms with van der Waals surface area (Å²) in [7, 11) is 0. The molecule has 1 aliphatic heterocycles. The van der Waals surface area contributed by atoms with Gasteiger partial charge in [0.25, 0.3) is 5.91 Å². The molecule has 0 bridgehead atoms. The summed E-state index contributed by atoms with van der Waals surface area (Å²) in [6.45, 7) is 3.98. The van der Waals surface area contributed by atoms with Crippen LogP contribution in [0.2, 0.25) is 10.0 Å². The van der Waals surface area contributed by atoms with E-state index in [4.69, 9.17) is 28.9 Å². The first-order valence-electron chi connectivity index (χ1n) is 9.88. The Bertz CT molecular complexity index is 1230. The fourth-order valence-electron chi connectivity index (χ4n) is 4.23. The Hall–Kier alpha value is -2.79. The van der Waals surface area contributed by atoms with E-state index in [1.165, 1.54) is 16.3 Å². The number of hydrogen-bond donors (Lipinski definition) is 2. The van der Waals surface area contributed by atoms with E-state index in [-0.39, 0.29) is 28.5 Å². The van der Waals surface area contributed by atoms with Crippen molar-refractivity contribution in [3.05, 3.63) is 78.9 Å². The third-order valence-corrected chi connectivity index (χ3v) is 7.22. The number of carbonyl (C=O) groups excluding carboxylic acids is 2. The van der Waals surface area contributed by atoms with Crippen molar-refractivity contribution in [1.29, 1.82) is 5.26 Å². The number of hydrogen-bond acceptors (Lipinski definition) is 6. The third kappa shape index (κ3) is 3.90. The molecule has 0 saturated heterocycles. The van der Waals surface area contributed by atoms with Crippen LogP contribution < -0.4 is 11.2 Å². The summed E-state index contributed by atoms with van der Waals surface area (Å²) in [5.41, 5.74) is 10.7. The van der Waals surface area contributed by atoms with Crippen molar-refractivity contribution in [2.75, 3.05) is 0 Å². The van der Waals surface area contributed by atoms with Crippen LogP contribution in [0.15, 0.2) is 58.4 Å². The van der Waals surface area contributed by atoms with Gasteiger partial charge in [0.2, 0.25) is 0 Å². The largest absolute Gasteiger partial charge is 0.383 e. The summed E-state index contributed by atoms with van der Waals surface area (Å²) in [4.78, 5) is 26.7. The second-order valence-electron chi connectivity index (χ2n) is 8.57. The molecule has 9 heteroatoms. The standard InChI is InChI=1S/C23H20Cl2N4O2S/c1-23(2)9-16-20(17(30)10-23)19(12-5-6-14(24)15(25)8-12)13(11-26)21(27)29(16)28-22(31)18-4-3-7-32-18/h3-8,19H,9-10,27H2,1-2H3,(H,28,31). The number of ketones is 1. The average Bonchev–Trinajstić information content (AvgIpc) is 3.26. The molecule has 0 radical (unpaired) electrons. The first kappa shape index (κ1) is 22.4. The lowest BCUT2D eigenvalue weighted by molar-refractivity contribution is -0.118. The van der Waals surface area contributed by atoms with Crippen molar-refractivity contribution in [3.8, 4) is 6.07 Å². The average molecular weight is 487 g/mol. The zero-order chi connectivity index (χ0) is 23.2. The van der Waals surface area contributed by atoms with E-state index in [0.29, 0.717) is 44.6 Å². The Morgan fingerprint density at radius 1 is 1.28 bits per heavy atom. The van der Waals surface area contributed by atoms with Gasteiger partial charge in [0, 0.05) is 12.0 Å². The molecule has 32 heavy (non-hydrogen) atoms. The highest BCUT2D eigenvalue weighted by Crippen LogP contribution is 2.49. The lowest BCUT2D eigenvalue weighted by atomic mass is 9.69. The number of carbonyl (C=O) groups is 2. The van der Waals surface area contributed by atoms with Gasteiger partial charge < -0.3 is 5.73 Å². The summed E-state index contributed by atoms with van der Waals surface area (Å²) in [6, 6.07) is 10.6. The monoisotopic (exact) mass is 486 g/mol. The molecular weight excluding hydrogens is 467 g/mol. The van der Waals surface area contributed by atoms with E-state index in [1.807, 2.05) is 13.8 Å². The van der Waals surface area contributed by atoms with Gasteiger partial charge in [0.05, 0.1) is 38.2 Å². The highest BCUT2D eigenvalue weighted by Gasteiger charge is 2.45. The lowest BCUT2D eigenvalue weighted by Gasteiger charge is -2.43. The van der Waals surface area contributed by atoms with Crippen LogP contribution in [0.25, 0.3) is 0 Å². The first-order chi connectivity index (χ1) is 15.1. The molecular formula is C23H20Cl2N4O2S. The highest BCUT2D eigenvalue weighted by molar-refractivity contribution is 7.12. The molecule has 164 valence electrons. The minimum Gasteiger partial charge on any atom is -0.383 e. The predicted octanol–water partition coefficient (Wildman–Crippen LogP) is 5.14. The Morgan fingerprint density at radius 2 is 2.03 bits per heavy atom.